The third kappa shape index (κ3) is 2.56. The van der Waals surface area contributed by atoms with Crippen molar-refractivity contribution < 1.29 is 4.79 Å². The number of hydrogen-bond acceptors (Lipinski definition) is 3. The summed E-state index contributed by atoms with van der Waals surface area (Å²) in [5.41, 5.74) is 5.71. The van der Waals surface area contributed by atoms with Gasteiger partial charge < -0.3 is 11.1 Å². The lowest BCUT2D eigenvalue weighted by atomic mass is 10.1. The number of nitrogens with two attached hydrogens (primary N) is 1. The van der Waals surface area contributed by atoms with Gasteiger partial charge in [0.1, 0.15) is 0 Å². The van der Waals surface area contributed by atoms with E-state index < -0.39 is 5.54 Å². The molecular weight excluding hydrogens is 180 g/mol. The van der Waals surface area contributed by atoms with E-state index >= 15 is 0 Å². The number of rotatable bonds is 3. The second-order valence-electron chi connectivity index (χ2n) is 3.81. The molecule has 0 saturated heterocycles. The van der Waals surface area contributed by atoms with Crippen molar-refractivity contribution in [3.05, 3.63) is 11.8 Å². The second-order valence-corrected chi connectivity index (χ2v) is 3.81. The van der Waals surface area contributed by atoms with Crippen LogP contribution in [0.5, 0.6) is 0 Å². The highest BCUT2D eigenvalue weighted by Crippen LogP contribution is 2.08. The molecule has 0 aliphatic rings. The van der Waals surface area contributed by atoms with E-state index in [0.29, 0.717) is 5.82 Å². The normalized spacial score (nSPS) is 11.4. The zero-order valence-corrected chi connectivity index (χ0v) is 8.72. The summed E-state index contributed by atoms with van der Waals surface area (Å²) in [5.74, 6) is 0.275. The van der Waals surface area contributed by atoms with E-state index in [2.05, 4.69) is 15.5 Å². The van der Waals surface area contributed by atoms with Crippen LogP contribution in [-0.4, -0.2) is 21.6 Å². The van der Waals surface area contributed by atoms with E-state index in [1.807, 2.05) is 6.92 Å². The van der Waals surface area contributed by atoms with E-state index in [0.717, 1.165) is 12.1 Å². The molecule has 0 bridgehead atoms. The molecule has 0 aromatic carbocycles. The van der Waals surface area contributed by atoms with Crippen molar-refractivity contribution in [1.82, 2.24) is 10.2 Å². The molecule has 1 aromatic rings. The largest absolute Gasteiger partial charge is 0.318 e. The van der Waals surface area contributed by atoms with Crippen molar-refractivity contribution in [3.63, 3.8) is 0 Å². The maximum Gasteiger partial charge on any atom is 0.245 e. The molecule has 0 unspecified atom stereocenters. The van der Waals surface area contributed by atoms with Gasteiger partial charge in [-0.3, -0.25) is 9.89 Å². The van der Waals surface area contributed by atoms with E-state index in [-0.39, 0.29) is 5.91 Å². The van der Waals surface area contributed by atoms with Crippen LogP contribution < -0.4 is 11.1 Å². The van der Waals surface area contributed by atoms with Crippen molar-refractivity contribution in [1.29, 1.82) is 0 Å². The first-order valence-corrected chi connectivity index (χ1v) is 4.58. The Hall–Kier alpha value is -1.36. The summed E-state index contributed by atoms with van der Waals surface area (Å²) in [6.45, 7) is 5.30. The number of H-pyrrole nitrogens is 1. The van der Waals surface area contributed by atoms with Crippen LogP contribution in [0.25, 0.3) is 0 Å². The Kier molecular flexibility index (Phi) is 2.90. The Bertz CT molecular complexity index is 324. The Morgan fingerprint density at radius 1 is 1.71 bits per heavy atom. The minimum absolute atomic E-state index is 0.244. The number of aryl methyl sites for hydroxylation is 1. The lowest BCUT2D eigenvalue weighted by Crippen LogP contribution is -2.45. The first-order valence-electron chi connectivity index (χ1n) is 4.58. The van der Waals surface area contributed by atoms with E-state index in [1.54, 1.807) is 19.9 Å². The lowest BCUT2D eigenvalue weighted by Gasteiger charge is -2.16. The number of nitrogens with one attached hydrogen (secondary N) is 2. The highest BCUT2D eigenvalue weighted by atomic mass is 16.2. The van der Waals surface area contributed by atoms with Gasteiger partial charge in [0.05, 0.1) is 5.54 Å². The standard InChI is InChI=1S/C9H16N4O/c1-4-6-5-7(13-12-6)11-8(14)9(2,3)10/h5H,4,10H2,1-3H3,(H2,11,12,13,14). The minimum Gasteiger partial charge on any atom is -0.318 e. The number of carbonyl (C=O) groups excluding carboxylic acids is 1. The molecule has 5 heteroatoms. The zero-order chi connectivity index (χ0) is 10.8. The Balaban J connectivity index is 2.65. The molecule has 0 aliphatic carbocycles. The maximum atomic E-state index is 11.4. The van der Waals surface area contributed by atoms with Gasteiger partial charge in [-0.15, -0.1) is 0 Å². The zero-order valence-electron chi connectivity index (χ0n) is 8.72. The fourth-order valence-electron chi connectivity index (χ4n) is 0.884. The predicted octanol–water partition coefficient (Wildman–Crippen LogP) is 0.648. The minimum atomic E-state index is -0.884. The Labute approximate surface area is 83.1 Å². The fraction of sp³-hybridized carbons (Fsp3) is 0.556. The average Bonchev–Trinajstić information content (AvgIpc) is 2.50. The van der Waals surface area contributed by atoms with Crippen molar-refractivity contribution in [2.45, 2.75) is 32.7 Å². The molecule has 78 valence electrons. The number of amides is 1. The van der Waals surface area contributed by atoms with Gasteiger partial charge in [-0.25, -0.2) is 0 Å². The molecule has 0 fully saturated rings. The number of nitrogens with zero attached hydrogens (tertiary/aromatic N) is 1. The van der Waals surface area contributed by atoms with Crippen LogP contribution in [0.1, 0.15) is 26.5 Å². The first kappa shape index (κ1) is 10.7. The molecule has 0 spiro atoms. The fourth-order valence-corrected chi connectivity index (χ4v) is 0.884. The van der Waals surface area contributed by atoms with Crippen molar-refractivity contribution >= 4 is 11.7 Å². The van der Waals surface area contributed by atoms with Gasteiger partial charge in [0, 0.05) is 11.8 Å². The van der Waals surface area contributed by atoms with Crippen LogP contribution in [0.4, 0.5) is 5.82 Å². The maximum absolute atomic E-state index is 11.4. The monoisotopic (exact) mass is 196 g/mol. The van der Waals surface area contributed by atoms with Crippen LogP contribution >= 0.6 is 0 Å². The third-order valence-electron chi connectivity index (χ3n) is 1.84. The van der Waals surface area contributed by atoms with Crippen molar-refractivity contribution in [3.8, 4) is 0 Å². The van der Waals surface area contributed by atoms with Crippen LogP contribution in [0.15, 0.2) is 6.07 Å². The number of aromatic nitrogens is 2. The summed E-state index contributed by atoms with van der Waals surface area (Å²) < 4.78 is 0. The molecule has 1 rings (SSSR count). The molecule has 0 aliphatic heterocycles. The van der Waals surface area contributed by atoms with Gasteiger partial charge in [-0.05, 0) is 20.3 Å². The van der Waals surface area contributed by atoms with E-state index in [1.165, 1.54) is 0 Å². The van der Waals surface area contributed by atoms with Crippen LogP contribution in [-0.2, 0) is 11.2 Å². The second kappa shape index (κ2) is 3.79. The lowest BCUT2D eigenvalue weighted by molar-refractivity contribution is -0.120. The molecule has 0 saturated carbocycles. The highest BCUT2D eigenvalue weighted by molar-refractivity contribution is 5.96. The predicted molar refractivity (Wildman–Crippen MR) is 54.9 cm³/mol. The SMILES string of the molecule is CCc1cc(NC(=O)C(C)(C)N)n[nH]1. The number of aromatic amines is 1. The molecule has 4 N–H and O–H groups in total. The van der Waals surface area contributed by atoms with Gasteiger partial charge >= 0.3 is 0 Å². The number of carbonyl (C=O) groups is 1. The third-order valence-corrected chi connectivity index (χ3v) is 1.84. The summed E-state index contributed by atoms with van der Waals surface area (Å²) in [6, 6.07) is 1.80. The molecular formula is C9H16N4O. The van der Waals surface area contributed by atoms with Crippen LogP contribution in [0.3, 0.4) is 0 Å². The topological polar surface area (TPSA) is 83.8 Å². The number of hydrogen-bond donors (Lipinski definition) is 3. The molecule has 0 radical (unpaired) electrons. The van der Waals surface area contributed by atoms with Gasteiger partial charge in [0.15, 0.2) is 5.82 Å². The summed E-state index contributed by atoms with van der Waals surface area (Å²) >= 11 is 0. The van der Waals surface area contributed by atoms with Gasteiger partial charge in [0.2, 0.25) is 5.91 Å². The molecule has 0 atom stereocenters. The molecule has 14 heavy (non-hydrogen) atoms. The summed E-state index contributed by atoms with van der Waals surface area (Å²) in [5, 5.41) is 9.36. The van der Waals surface area contributed by atoms with Gasteiger partial charge in [0.25, 0.3) is 0 Å². The van der Waals surface area contributed by atoms with Gasteiger partial charge in [-0.2, -0.15) is 5.10 Å². The van der Waals surface area contributed by atoms with Crippen molar-refractivity contribution in [2.75, 3.05) is 5.32 Å². The summed E-state index contributed by atoms with van der Waals surface area (Å²) in [4.78, 5) is 11.4. The molecule has 1 amide bonds. The number of anilines is 1. The molecule has 1 heterocycles. The Morgan fingerprint density at radius 3 is 2.79 bits per heavy atom. The quantitative estimate of drug-likeness (QED) is 0.663. The smallest absolute Gasteiger partial charge is 0.245 e. The summed E-state index contributed by atoms with van der Waals surface area (Å²) in [7, 11) is 0. The summed E-state index contributed by atoms with van der Waals surface area (Å²) in [6.07, 6.45) is 0.856. The van der Waals surface area contributed by atoms with Crippen LogP contribution in [0, 0.1) is 0 Å². The molecule has 5 nitrogen and oxygen atoms in total. The average molecular weight is 196 g/mol. The van der Waals surface area contributed by atoms with Crippen molar-refractivity contribution in [2.24, 2.45) is 5.73 Å². The van der Waals surface area contributed by atoms with Crippen LogP contribution in [0.2, 0.25) is 0 Å². The molecule has 1 aromatic heterocycles. The van der Waals surface area contributed by atoms with Gasteiger partial charge in [-0.1, -0.05) is 6.92 Å². The van der Waals surface area contributed by atoms with E-state index in [4.69, 9.17) is 5.73 Å². The van der Waals surface area contributed by atoms with E-state index in [9.17, 15) is 4.79 Å². The first-order chi connectivity index (χ1) is 6.43. The Morgan fingerprint density at radius 2 is 2.36 bits per heavy atom. The highest BCUT2D eigenvalue weighted by Gasteiger charge is 2.22.